The van der Waals surface area contributed by atoms with Gasteiger partial charge in [0.25, 0.3) is 0 Å². The molecule has 1 aromatic heterocycles. The lowest BCUT2D eigenvalue weighted by molar-refractivity contribution is -0.131. The van der Waals surface area contributed by atoms with Gasteiger partial charge in [0, 0.05) is 44.7 Å². The molecule has 3 saturated carbocycles. The number of piperazine rings is 1. The van der Waals surface area contributed by atoms with Crippen LogP contribution < -0.4 is 4.90 Å². The van der Waals surface area contributed by atoms with E-state index in [2.05, 4.69) is 34.7 Å². The minimum absolute atomic E-state index is 0. The van der Waals surface area contributed by atoms with Gasteiger partial charge in [-0.3, -0.25) is 14.5 Å². The third-order valence-electron chi connectivity index (χ3n) is 11.1. The second-order valence-corrected chi connectivity index (χ2v) is 12.6. The van der Waals surface area contributed by atoms with Gasteiger partial charge in [-0.25, -0.2) is 4.98 Å². The van der Waals surface area contributed by atoms with Crippen LogP contribution in [-0.2, 0) is 9.59 Å². The third-order valence-corrected chi connectivity index (χ3v) is 11.1. The molecule has 5 nitrogen and oxygen atoms in total. The smallest absolute Gasteiger partial charge is 0.155 e. The van der Waals surface area contributed by atoms with Crippen LogP contribution >= 0.6 is 12.4 Å². The van der Waals surface area contributed by atoms with Crippen LogP contribution in [0.4, 0.5) is 5.82 Å². The number of Topliss-reactive ketones (excluding diaryl/α,β-unsaturated/α-hetero) is 1. The fourth-order valence-corrected chi connectivity index (χ4v) is 9.09. The first-order chi connectivity index (χ1) is 16.9. The van der Waals surface area contributed by atoms with Crippen LogP contribution in [0.25, 0.3) is 0 Å². The van der Waals surface area contributed by atoms with Crippen LogP contribution in [-0.4, -0.2) is 54.2 Å². The molecule has 0 bridgehead atoms. The normalized spacial score (nSPS) is 38.3. The monoisotopic (exact) mass is 511 g/mol. The molecule has 4 fully saturated rings. The molecule has 0 amide bonds. The number of carbonyl (C=O) groups is 2. The molecule has 1 saturated heterocycles. The standard InChI is InChI=1S/C30H41N3O2.ClH/c1-29-12-10-22(34)19-21(29)6-7-23-24-8-9-26(30(24,2)13-11-25(23)29)27(35)20-32-15-17-33(18-16-32)28-5-3-4-14-31-28;/h3-5,14,19,23-26H,6-13,15-18,20H2,1-2H3;1H/t23-,24-,25-,26+,29-,30-;/m0./s1. The van der Waals surface area contributed by atoms with Crippen LogP contribution in [0.3, 0.4) is 0 Å². The maximum atomic E-state index is 13.7. The first kappa shape index (κ1) is 25.9. The Morgan fingerprint density at radius 3 is 2.56 bits per heavy atom. The zero-order valence-corrected chi connectivity index (χ0v) is 22.8. The highest BCUT2D eigenvalue weighted by atomic mass is 35.5. The number of hydrogen-bond acceptors (Lipinski definition) is 5. The molecule has 0 aromatic carbocycles. The first-order valence-corrected chi connectivity index (χ1v) is 14.0. The minimum atomic E-state index is 0. The Morgan fingerprint density at radius 1 is 1.00 bits per heavy atom. The van der Waals surface area contributed by atoms with E-state index < -0.39 is 0 Å². The van der Waals surface area contributed by atoms with Crippen molar-refractivity contribution >= 4 is 29.8 Å². The Balaban J connectivity index is 0.00000267. The van der Waals surface area contributed by atoms with E-state index in [1.807, 2.05) is 24.4 Å². The van der Waals surface area contributed by atoms with E-state index >= 15 is 0 Å². The fourth-order valence-electron chi connectivity index (χ4n) is 9.09. The van der Waals surface area contributed by atoms with Gasteiger partial charge in [-0.05, 0) is 91.7 Å². The topological polar surface area (TPSA) is 53.5 Å². The molecular formula is C30H42ClN3O2. The summed E-state index contributed by atoms with van der Waals surface area (Å²) in [5, 5.41) is 0. The summed E-state index contributed by atoms with van der Waals surface area (Å²) in [5.74, 6) is 4.19. The van der Waals surface area contributed by atoms with Crippen molar-refractivity contribution in [1.29, 1.82) is 0 Å². The molecule has 36 heavy (non-hydrogen) atoms. The van der Waals surface area contributed by atoms with Crippen molar-refractivity contribution in [2.24, 2.45) is 34.5 Å². The Hall–Kier alpha value is -1.72. The molecular weight excluding hydrogens is 470 g/mol. The second-order valence-electron chi connectivity index (χ2n) is 12.6. The highest BCUT2D eigenvalue weighted by Gasteiger charge is 2.60. The molecule has 4 aliphatic carbocycles. The van der Waals surface area contributed by atoms with E-state index in [9.17, 15) is 9.59 Å². The van der Waals surface area contributed by atoms with Gasteiger partial charge in [0.05, 0.1) is 6.54 Å². The van der Waals surface area contributed by atoms with Crippen LogP contribution in [0.5, 0.6) is 0 Å². The van der Waals surface area contributed by atoms with E-state index in [0.29, 0.717) is 29.9 Å². The molecule has 0 spiro atoms. The van der Waals surface area contributed by atoms with E-state index in [-0.39, 0.29) is 29.2 Å². The van der Waals surface area contributed by atoms with Crippen LogP contribution in [0.15, 0.2) is 36.0 Å². The number of pyridine rings is 1. The highest BCUT2D eigenvalue weighted by molar-refractivity contribution is 5.91. The fraction of sp³-hybridized carbons (Fsp3) is 0.700. The number of hydrogen-bond donors (Lipinski definition) is 0. The van der Waals surface area contributed by atoms with Crippen LogP contribution in [0.1, 0.15) is 65.2 Å². The Morgan fingerprint density at radius 2 is 1.81 bits per heavy atom. The van der Waals surface area contributed by atoms with Crippen molar-refractivity contribution in [2.75, 3.05) is 37.6 Å². The van der Waals surface area contributed by atoms with E-state index in [0.717, 1.165) is 63.6 Å². The van der Waals surface area contributed by atoms with Gasteiger partial charge in [0.2, 0.25) is 0 Å². The van der Waals surface area contributed by atoms with Gasteiger partial charge < -0.3 is 4.90 Å². The number of allylic oxidation sites excluding steroid dienone is 1. The molecule has 6 rings (SSSR count). The quantitative estimate of drug-likeness (QED) is 0.546. The van der Waals surface area contributed by atoms with Gasteiger partial charge in [-0.15, -0.1) is 12.4 Å². The lowest BCUT2D eigenvalue weighted by Gasteiger charge is -2.58. The minimum Gasteiger partial charge on any atom is -0.354 e. The zero-order valence-electron chi connectivity index (χ0n) is 22.0. The van der Waals surface area contributed by atoms with Crippen molar-refractivity contribution < 1.29 is 9.59 Å². The summed E-state index contributed by atoms with van der Waals surface area (Å²) in [6.45, 7) is 9.28. The SMILES string of the molecule is C[C@]12CC[C@H]3[C@@H](CCC4=CC(=O)CC[C@@]43C)[C@@H]1CC[C@@H]2C(=O)CN1CCN(c2ccccn2)CC1.Cl. The van der Waals surface area contributed by atoms with Crippen LogP contribution in [0.2, 0.25) is 0 Å². The molecule has 2 heterocycles. The van der Waals surface area contributed by atoms with Gasteiger partial charge in [0.15, 0.2) is 5.78 Å². The molecule has 0 unspecified atom stereocenters. The van der Waals surface area contributed by atoms with Gasteiger partial charge in [0.1, 0.15) is 11.6 Å². The summed E-state index contributed by atoms with van der Waals surface area (Å²) < 4.78 is 0. The molecule has 196 valence electrons. The van der Waals surface area contributed by atoms with E-state index in [1.54, 1.807) is 0 Å². The van der Waals surface area contributed by atoms with Gasteiger partial charge in [-0.1, -0.05) is 25.5 Å². The number of carbonyl (C=O) groups excluding carboxylic acids is 2. The maximum Gasteiger partial charge on any atom is 0.155 e. The summed E-state index contributed by atoms with van der Waals surface area (Å²) in [7, 11) is 0. The summed E-state index contributed by atoms with van der Waals surface area (Å²) in [6, 6.07) is 6.08. The van der Waals surface area contributed by atoms with Crippen molar-refractivity contribution in [3.8, 4) is 0 Å². The highest BCUT2D eigenvalue weighted by Crippen LogP contribution is 2.66. The molecule has 6 atom stereocenters. The Kier molecular flexibility index (Phi) is 7.10. The number of aromatic nitrogens is 1. The summed E-state index contributed by atoms with van der Waals surface area (Å²) in [5.41, 5.74) is 1.82. The lowest BCUT2D eigenvalue weighted by atomic mass is 9.46. The summed E-state index contributed by atoms with van der Waals surface area (Å²) >= 11 is 0. The average Bonchev–Trinajstić information content (AvgIpc) is 3.23. The number of anilines is 1. The van der Waals surface area contributed by atoms with Gasteiger partial charge >= 0.3 is 0 Å². The van der Waals surface area contributed by atoms with Gasteiger partial charge in [-0.2, -0.15) is 0 Å². The number of nitrogens with zero attached hydrogens (tertiary/aromatic N) is 3. The Labute approximate surface area is 222 Å². The van der Waals surface area contributed by atoms with Crippen LogP contribution in [0, 0.1) is 34.5 Å². The number of halogens is 1. The molecule has 1 aliphatic heterocycles. The lowest BCUT2D eigenvalue weighted by Crippen LogP contribution is -2.52. The molecule has 0 radical (unpaired) electrons. The summed E-state index contributed by atoms with van der Waals surface area (Å²) in [4.78, 5) is 35.0. The predicted molar refractivity (Wildman–Crippen MR) is 145 cm³/mol. The van der Waals surface area contributed by atoms with Crippen molar-refractivity contribution in [3.63, 3.8) is 0 Å². The van der Waals surface area contributed by atoms with Crippen molar-refractivity contribution in [2.45, 2.75) is 65.2 Å². The Bertz CT molecular complexity index is 1020. The predicted octanol–water partition coefficient (Wildman–Crippen LogP) is 5.34. The number of rotatable bonds is 4. The molecule has 1 aromatic rings. The van der Waals surface area contributed by atoms with E-state index in [1.165, 1.54) is 31.3 Å². The summed E-state index contributed by atoms with van der Waals surface area (Å²) in [6.07, 6.45) is 12.6. The number of fused-ring (bicyclic) bond motifs is 5. The van der Waals surface area contributed by atoms with Crippen molar-refractivity contribution in [1.82, 2.24) is 9.88 Å². The molecule has 6 heteroatoms. The third kappa shape index (κ3) is 4.24. The average molecular weight is 512 g/mol. The van der Waals surface area contributed by atoms with E-state index in [4.69, 9.17) is 0 Å². The molecule has 5 aliphatic rings. The second kappa shape index (κ2) is 9.87. The van der Waals surface area contributed by atoms with Crippen molar-refractivity contribution in [3.05, 3.63) is 36.0 Å². The largest absolute Gasteiger partial charge is 0.354 e. The number of ketones is 2. The molecule has 0 N–H and O–H groups in total. The first-order valence-electron chi connectivity index (χ1n) is 14.0. The zero-order chi connectivity index (χ0) is 24.2. The maximum absolute atomic E-state index is 13.7.